The van der Waals surface area contributed by atoms with Gasteiger partial charge < -0.3 is 9.64 Å². The van der Waals surface area contributed by atoms with E-state index in [0.717, 1.165) is 5.56 Å². The fourth-order valence-electron chi connectivity index (χ4n) is 2.60. The number of carbonyl (C=O) groups is 2. The second-order valence-corrected chi connectivity index (χ2v) is 6.82. The zero-order chi connectivity index (χ0) is 17.2. The number of ether oxygens (including phenoxy) is 1. The number of amides is 2. The molecule has 0 spiro atoms. The van der Waals surface area contributed by atoms with Gasteiger partial charge in [0, 0.05) is 19.2 Å². The second kappa shape index (κ2) is 6.44. The van der Waals surface area contributed by atoms with E-state index >= 15 is 0 Å². The molecule has 2 amide bonds. The van der Waals surface area contributed by atoms with Crippen LogP contribution in [0.4, 0.5) is 4.79 Å². The van der Waals surface area contributed by atoms with Crippen LogP contribution in [0.1, 0.15) is 26.3 Å². The molecule has 0 aromatic heterocycles. The molecule has 1 saturated heterocycles. The highest BCUT2D eigenvalue weighted by Crippen LogP contribution is 2.24. The molecule has 0 aliphatic carbocycles. The summed E-state index contributed by atoms with van der Waals surface area (Å²) in [6.07, 6.45) is -0.0904. The predicted molar refractivity (Wildman–Crippen MR) is 88.8 cm³/mol. The Morgan fingerprint density at radius 2 is 1.91 bits per heavy atom. The van der Waals surface area contributed by atoms with Crippen LogP contribution in [0, 0.1) is 0 Å². The molecule has 1 aromatic carbocycles. The largest absolute Gasteiger partial charge is 0.443 e. The Morgan fingerprint density at radius 3 is 2.48 bits per heavy atom. The average molecular weight is 316 g/mol. The van der Waals surface area contributed by atoms with Crippen LogP contribution < -0.4 is 0 Å². The van der Waals surface area contributed by atoms with Crippen molar-refractivity contribution in [1.29, 1.82) is 0 Å². The van der Waals surface area contributed by atoms with Crippen molar-refractivity contribution in [2.24, 2.45) is 0 Å². The number of likely N-dealkylation sites (N-methyl/N-ethyl adjacent to an activating group) is 1. The minimum atomic E-state index is -0.626. The number of piperazine rings is 1. The van der Waals surface area contributed by atoms with Crippen molar-refractivity contribution in [1.82, 2.24) is 9.80 Å². The van der Waals surface area contributed by atoms with Gasteiger partial charge in [0.2, 0.25) is 5.91 Å². The summed E-state index contributed by atoms with van der Waals surface area (Å²) in [4.78, 5) is 28.1. The lowest BCUT2D eigenvalue weighted by Crippen LogP contribution is -2.57. The van der Waals surface area contributed by atoms with Crippen molar-refractivity contribution < 1.29 is 14.3 Å². The van der Waals surface area contributed by atoms with E-state index < -0.39 is 17.7 Å². The second-order valence-electron chi connectivity index (χ2n) is 6.82. The average Bonchev–Trinajstić information content (AvgIpc) is 2.43. The van der Waals surface area contributed by atoms with Crippen LogP contribution in [0.5, 0.6) is 0 Å². The maximum atomic E-state index is 12.6. The van der Waals surface area contributed by atoms with E-state index in [2.05, 4.69) is 6.58 Å². The first-order valence-electron chi connectivity index (χ1n) is 7.68. The van der Waals surface area contributed by atoms with Crippen LogP contribution in [0.3, 0.4) is 0 Å². The minimum absolute atomic E-state index is 0.105. The van der Waals surface area contributed by atoms with Crippen LogP contribution in [0.15, 0.2) is 42.6 Å². The smallest absolute Gasteiger partial charge is 0.415 e. The van der Waals surface area contributed by atoms with Gasteiger partial charge in [-0.15, -0.1) is 0 Å². The summed E-state index contributed by atoms with van der Waals surface area (Å²) in [6, 6.07) is 9.01. The highest BCUT2D eigenvalue weighted by Gasteiger charge is 2.40. The molecule has 1 atom stereocenters. The zero-order valence-corrected chi connectivity index (χ0v) is 14.2. The summed E-state index contributed by atoms with van der Waals surface area (Å²) in [5, 5.41) is 0. The quantitative estimate of drug-likeness (QED) is 0.843. The monoisotopic (exact) mass is 316 g/mol. The molecule has 5 nitrogen and oxygen atoms in total. The fraction of sp³-hybridized carbons (Fsp3) is 0.444. The SMILES string of the molecule is C=C1CN(C)C(=O)[C@H](Cc2ccccc2)N1C(=O)OC(C)(C)C. The van der Waals surface area contributed by atoms with Gasteiger partial charge in [-0.25, -0.2) is 4.79 Å². The Hall–Kier alpha value is -2.30. The zero-order valence-electron chi connectivity index (χ0n) is 14.2. The Morgan fingerprint density at radius 1 is 1.30 bits per heavy atom. The maximum Gasteiger partial charge on any atom is 0.415 e. The summed E-state index contributed by atoms with van der Waals surface area (Å²) >= 11 is 0. The Bertz CT molecular complexity index is 604. The Balaban J connectivity index is 2.29. The first-order chi connectivity index (χ1) is 10.7. The van der Waals surface area contributed by atoms with Crippen LogP contribution in [-0.2, 0) is 16.0 Å². The van der Waals surface area contributed by atoms with Crippen molar-refractivity contribution in [3.63, 3.8) is 0 Å². The predicted octanol–water partition coefficient (Wildman–Crippen LogP) is 2.82. The van der Waals surface area contributed by atoms with Crippen LogP contribution in [-0.4, -0.2) is 47.0 Å². The topological polar surface area (TPSA) is 49.9 Å². The molecule has 5 heteroatoms. The molecule has 1 heterocycles. The summed E-state index contributed by atoms with van der Waals surface area (Å²) < 4.78 is 5.45. The van der Waals surface area contributed by atoms with E-state index in [1.54, 1.807) is 32.7 Å². The third kappa shape index (κ3) is 4.12. The van der Waals surface area contributed by atoms with Gasteiger partial charge in [0.25, 0.3) is 0 Å². The van der Waals surface area contributed by atoms with Crippen molar-refractivity contribution in [2.75, 3.05) is 13.6 Å². The van der Waals surface area contributed by atoms with Crippen molar-refractivity contribution in [3.05, 3.63) is 48.2 Å². The fourth-order valence-corrected chi connectivity index (χ4v) is 2.60. The molecule has 1 fully saturated rings. The molecule has 1 aromatic rings. The van der Waals surface area contributed by atoms with Crippen LogP contribution >= 0.6 is 0 Å². The summed E-state index contributed by atoms with van der Waals surface area (Å²) in [6.45, 7) is 9.69. The van der Waals surface area contributed by atoms with E-state index in [0.29, 0.717) is 18.7 Å². The third-order valence-corrected chi connectivity index (χ3v) is 3.60. The molecule has 1 aliphatic heterocycles. The number of benzene rings is 1. The molecular formula is C18H24N2O3. The minimum Gasteiger partial charge on any atom is -0.443 e. The number of carbonyl (C=O) groups excluding carboxylic acids is 2. The standard InChI is InChI=1S/C18H24N2O3/c1-13-12-19(5)16(21)15(11-14-9-7-6-8-10-14)20(13)17(22)23-18(2,3)4/h6-10,15H,1,11-12H2,2-5H3/t15-/m0/s1. The lowest BCUT2D eigenvalue weighted by Gasteiger charge is -2.40. The van der Waals surface area contributed by atoms with Gasteiger partial charge in [-0.1, -0.05) is 36.9 Å². The molecule has 0 saturated carbocycles. The van der Waals surface area contributed by atoms with E-state index in [4.69, 9.17) is 4.74 Å². The summed E-state index contributed by atoms with van der Waals surface area (Å²) in [5.74, 6) is -0.105. The molecule has 0 bridgehead atoms. The van der Waals surface area contributed by atoms with Gasteiger partial charge in [-0.2, -0.15) is 0 Å². The number of hydrogen-bond donors (Lipinski definition) is 0. The van der Waals surface area contributed by atoms with E-state index in [9.17, 15) is 9.59 Å². The van der Waals surface area contributed by atoms with Gasteiger partial charge in [-0.3, -0.25) is 9.69 Å². The van der Waals surface area contributed by atoms with Crippen LogP contribution in [0.2, 0.25) is 0 Å². The lowest BCUT2D eigenvalue weighted by molar-refractivity contribution is -0.137. The number of hydrogen-bond acceptors (Lipinski definition) is 3. The van der Waals surface area contributed by atoms with Gasteiger partial charge >= 0.3 is 6.09 Å². The van der Waals surface area contributed by atoms with Crippen molar-refractivity contribution >= 4 is 12.0 Å². The third-order valence-electron chi connectivity index (χ3n) is 3.60. The normalized spacial score (nSPS) is 19.0. The Kier molecular flexibility index (Phi) is 4.78. The van der Waals surface area contributed by atoms with E-state index in [1.807, 2.05) is 30.3 Å². The molecule has 1 aliphatic rings. The molecule has 0 unspecified atom stereocenters. The summed E-state index contributed by atoms with van der Waals surface area (Å²) in [5.41, 5.74) is 0.936. The first-order valence-corrected chi connectivity index (χ1v) is 7.68. The van der Waals surface area contributed by atoms with E-state index in [-0.39, 0.29) is 5.91 Å². The van der Waals surface area contributed by atoms with Gasteiger partial charge in [-0.05, 0) is 26.3 Å². The highest BCUT2D eigenvalue weighted by molar-refractivity contribution is 5.88. The molecule has 0 radical (unpaired) electrons. The number of nitrogens with zero attached hydrogens (tertiary/aromatic N) is 2. The van der Waals surface area contributed by atoms with Crippen molar-refractivity contribution in [3.8, 4) is 0 Å². The van der Waals surface area contributed by atoms with Gasteiger partial charge in [0.1, 0.15) is 11.6 Å². The lowest BCUT2D eigenvalue weighted by atomic mass is 10.0. The number of rotatable bonds is 2. The van der Waals surface area contributed by atoms with Crippen LogP contribution in [0.25, 0.3) is 0 Å². The van der Waals surface area contributed by atoms with Crippen molar-refractivity contribution in [2.45, 2.75) is 38.8 Å². The Labute approximate surface area is 137 Å². The highest BCUT2D eigenvalue weighted by atomic mass is 16.6. The molecule has 23 heavy (non-hydrogen) atoms. The summed E-state index contributed by atoms with van der Waals surface area (Å²) in [7, 11) is 1.72. The van der Waals surface area contributed by atoms with Gasteiger partial charge in [0.05, 0.1) is 6.54 Å². The molecule has 0 N–H and O–H groups in total. The molecule has 2 rings (SSSR count). The first kappa shape index (κ1) is 17.1. The van der Waals surface area contributed by atoms with Gasteiger partial charge in [0.15, 0.2) is 0 Å². The maximum absolute atomic E-state index is 12.6. The molecular weight excluding hydrogens is 292 g/mol. The molecule has 124 valence electrons. The van der Waals surface area contributed by atoms with E-state index in [1.165, 1.54) is 4.90 Å².